The Balaban J connectivity index is 0.000000531. The monoisotopic (exact) mass is 266 g/mol. The van der Waals surface area contributed by atoms with E-state index in [4.69, 9.17) is 0 Å². The fourth-order valence-electron chi connectivity index (χ4n) is 1.21. The van der Waals surface area contributed by atoms with Crippen LogP contribution < -0.4 is 0 Å². The van der Waals surface area contributed by atoms with Crippen LogP contribution in [-0.4, -0.2) is 10.2 Å². The highest BCUT2D eigenvalue weighted by Crippen LogP contribution is 2.21. The molecule has 0 aliphatic carbocycles. The van der Waals surface area contributed by atoms with Gasteiger partial charge in [0.1, 0.15) is 0 Å². The molecule has 1 N–H and O–H groups in total. The molecule has 3 heteroatoms. The quantitative estimate of drug-likeness (QED) is 0.825. The predicted octanol–water partition coefficient (Wildman–Crippen LogP) is 4.17. The average Bonchev–Trinajstić information content (AvgIpc) is 2.68. The molecule has 0 fully saturated rings. The number of halogens is 1. The maximum absolute atomic E-state index is 4.18. The van der Waals surface area contributed by atoms with Gasteiger partial charge in [-0.05, 0) is 25.1 Å². The van der Waals surface area contributed by atoms with Gasteiger partial charge in [-0.15, -0.1) is 0 Å². The lowest BCUT2D eigenvalue weighted by Crippen LogP contribution is -1.76. The van der Waals surface area contributed by atoms with Gasteiger partial charge in [0.2, 0.25) is 0 Å². The van der Waals surface area contributed by atoms with Crippen LogP contribution in [0.4, 0.5) is 0 Å². The number of benzene rings is 1. The Labute approximate surface area is 98.9 Å². The molecule has 2 rings (SSSR count). The first-order valence-electron chi connectivity index (χ1n) is 5.03. The standard InChI is InChI=1S/C10H9BrN2.C2H6/c1-7-5-10(13-12-7)8-3-2-4-9(11)6-8;1-2/h2-6H,1H3,(H,12,13);1-2H3. The van der Waals surface area contributed by atoms with Crippen molar-refractivity contribution in [3.8, 4) is 11.3 Å². The first-order valence-corrected chi connectivity index (χ1v) is 5.83. The zero-order valence-electron chi connectivity index (χ0n) is 9.21. The van der Waals surface area contributed by atoms with Crippen molar-refractivity contribution in [2.45, 2.75) is 20.8 Å². The van der Waals surface area contributed by atoms with Crippen LogP contribution in [0.2, 0.25) is 0 Å². The molecule has 1 heterocycles. The van der Waals surface area contributed by atoms with Crippen LogP contribution in [0.25, 0.3) is 11.3 Å². The number of aryl methyl sites for hydroxylation is 1. The van der Waals surface area contributed by atoms with Gasteiger partial charge >= 0.3 is 0 Å². The normalized spacial score (nSPS) is 9.33. The second kappa shape index (κ2) is 5.71. The molecule has 0 atom stereocenters. The summed E-state index contributed by atoms with van der Waals surface area (Å²) in [6.07, 6.45) is 0. The number of nitrogens with one attached hydrogen (secondary N) is 1. The van der Waals surface area contributed by atoms with Crippen molar-refractivity contribution in [1.29, 1.82) is 0 Å². The second-order valence-corrected chi connectivity index (χ2v) is 3.86. The fraction of sp³-hybridized carbons (Fsp3) is 0.250. The highest BCUT2D eigenvalue weighted by molar-refractivity contribution is 9.10. The smallest absolute Gasteiger partial charge is 0.0923 e. The maximum atomic E-state index is 4.18. The molecule has 0 spiro atoms. The summed E-state index contributed by atoms with van der Waals surface area (Å²) in [4.78, 5) is 0. The van der Waals surface area contributed by atoms with E-state index in [0.717, 1.165) is 21.4 Å². The van der Waals surface area contributed by atoms with E-state index in [1.54, 1.807) is 0 Å². The summed E-state index contributed by atoms with van der Waals surface area (Å²) >= 11 is 3.43. The molecule has 15 heavy (non-hydrogen) atoms. The molecule has 0 radical (unpaired) electrons. The molecule has 80 valence electrons. The number of H-pyrrole nitrogens is 1. The summed E-state index contributed by atoms with van der Waals surface area (Å²) < 4.78 is 1.07. The molecule has 0 saturated carbocycles. The molecule has 0 unspecified atom stereocenters. The van der Waals surface area contributed by atoms with Gasteiger partial charge in [-0.3, -0.25) is 5.10 Å². The largest absolute Gasteiger partial charge is 0.282 e. The van der Waals surface area contributed by atoms with E-state index in [9.17, 15) is 0 Å². The fourth-order valence-corrected chi connectivity index (χ4v) is 1.61. The zero-order chi connectivity index (χ0) is 11.3. The number of aromatic nitrogens is 2. The van der Waals surface area contributed by atoms with Crippen LogP contribution >= 0.6 is 15.9 Å². The average molecular weight is 267 g/mol. The summed E-state index contributed by atoms with van der Waals surface area (Å²) in [7, 11) is 0. The minimum absolute atomic E-state index is 0.985. The highest BCUT2D eigenvalue weighted by atomic mass is 79.9. The van der Waals surface area contributed by atoms with E-state index in [2.05, 4.69) is 32.2 Å². The van der Waals surface area contributed by atoms with E-state index >= 15 is 0 Å². The number of hydrogen-bond donors (Lipinski definition) is 1. The van der Waals surface area contributed by atoms with E-state index in [1.807, 2.05) is 45.0 Å². The van der Waals surface area contributed by atoms with Gasteiger partial charge in [-0.25, -0.2) is 0 Å². The van der Waals surface area contributed by atoms with Gasteiger partial charge in [0.25, 0.3) is 0 Å². The topological polar surface area (TPSA) is 28.7 Å². The molecule has 0 bridgehead atoms. The van der Waals surface area contributed by atoms with Crippen molar-refractivity contribution >= 4 is 15.9 Å². The van der Waals surface area contributed by atoms with Crippen LogP contribution in [0.15, 0.2) is 34.8 Å². The SMILES string of the molecule is CC.Cc1cc(-c2cccc(Br)c2)n[nH]1. The Kier molecular flexibility index (Phi) is 4.56. The minimum atomic E-state index is 0.985. The van der Waals surface area contributed by atoms with Crippen molar-refractivity contribution < 1.29 is 0 Å². The minimum Gasteiger partial charge on any atom is -0.282 e. The molecule has 0 saturated heterocycles. The third-order valence-corrected chi connectivity index (χ3v) is 2.32. The number of aromatic amines is 1. The van der Waals surface area contributed by atoms with Crippen molar-refractivity contribution in [3.63, 3.8) is 0 Å². The molecule has 0 aliphatic rings. The third-order valence-electron chi connectivity index (χ3n) is 1.83. The van der Waals surface area contributed by atoms with E-state index in [1.165, 1.54) is 0 Å². The van der Waals surface area contributed by atoms with Crippen molar-refractivity contribution in [1.82, 2.24) is 10.2 Å². The summed E-state index contributed by atoms with van der Waals surface area (Å²) in [5.41, 5.74) is 3.19. The molecular weight excluding hydrogens is 252 g/mol. The Bertz CT molecular complexity index is 421. The Hall–Kier alpha value is -1.09. The van der Waals surface area contributed by atoms with Crippen LogP contribution in [0, 0.1) is 6.92 Å². The molecular formula is C12H15BrN2. The first-order chi connectivity index (χ1) is 7.25. The highest BCUT2D eigenvalue weighted by Gasteiger charge is 2.00. The molecule has 1 aromatic carbocycles. The summed E-state index contributed by atoms with van der Waals surface area (Å²) in [6.45, 7) is 5.99. The van der Waals surface area contributed by atoms with Gasteiger partial charge in [-0.1, -0.05) is 41.9 Å². The van der Waals surface area contributed by atoms with E-state index in [0.29, 0.717) is 0 Å². The number of rotatable bonds is 1. The van der Waals surface area contributed by atoms with Crippen molar-refractivity contribution in [2.75, 3.05) is 0 Å². The molecule has 2 aromatic rings. The van der Waals surface area contributed by atoms with Crippen LogP contribution in [-0.2, 0) is 0 Å². The number of nitrogens with zero attached hydrogens (tertiary/aromatic N) is 1. The summed E-state index contributed by atoms with van der Waals surface area (Å²) in [5.74, 6) is 0. The Morgan fingerprint density at radius 1 is 1.20 bits per heavy atom. The zero-order valence-corrected chi connectivity index (χ0v) is 10.8. The van der Waals surface area contributed by atoms with Crippen LogP contribution in [0.1, 0.15) is 19.5 Å². The van der Waals surface area contributed by atoms with Crippen molar-refractivity contribution in [3.05, 3.63) is 40.5 Å². The predicted molar refractivity (Wildman–Crippen MR) is 67.8 cm³/mol. The van der Waals surface area contributed by atoms with Gasteiger partial charge in [0.05, 0.1) is 5.69 Å². The van der Waals surface area contributed by atoms with Gasteiger partial charge in [0.15, 0.2) is 0 Å². The summed E-state index contributed by atoms with van der Waals surface area (Å²) in [6, 6.07) is 10.1. The maximum Gasteiger partial charge on any atom is 0.0923 e. The van der Waals surface area contributed by atoms with E-state index in [-0.39, 0.29) is 0 Å². The first kappa shape index (κ1) is 12.0. The van der Waals surface area contributed by atoms with E-state index < -0.39 is 0 Å². The number of hydrogen-bond acceptors (Lipinski definition) is 1. The summed E-state index contributed by atoms with van der Waals surface area (Å²) in [5, 5.41) is 7.10. The lowest BCUT2D eigenvalue weighted by Gasteiger charge is -1.95. The Morgan fingerprint density at radius 3 is 2.47 bits per heavy atom. The second-order valence-electron chi connectivity index (χ2n) is 2.95. The van der Waals surface area contributed by atoms with Gasteiger partial charge in [-0.2, -0.15) is 5.10 Å². The molecule has 1 aromatic heterocycles. The molecule has 2 nitrogen and oxygen atoms in total. The Morgan fingerprint density at radius 2 is 1.93 bits per heavy atom. The van der Waals surface area contributed by atoms with Gasteiger partial charge in [0, 0.05) is 15.7 Å². The lowest BCUT2D eigenvalue weighted by atomic mass is 10.1. The third kappa shape index (κ3) is 3.20. The lowest BCUT2D eigenvalue weighted by molar-refractivity contribution is 1.05. The van der Waals surface area contributed by atoms with Crippen molar-refractivity contribution in [2.24, 2.45) is 0 Å². The van der Waals surface area contributed by atoms with Crippen LogP contribution in [0.5, 0.6) is 0 Å². The van der Waals surface area contributed by atoms with Crippen LogP contribution in [0.3, 0.4) is 0 Å². The van der Waals surface area contributed by atoms with Gasteiger partial charge < -0.3 is 0 Å². The molecule has 0 aliphatic heterocycles. The molecule has 0 amide bonds.